The Labute approximate surface area is 139 Å². The molecule has 0 fully saturated rings. The normalized spacial score (nSPS) is 18.0. The molecule has 0 amide bonds. The topological polar surface area (TPSA) is 12.0 Å². The third-order valence-electron chi connectivity index (χ3n) is 3.98. The number of hydrogen-bond donors (Lipinski definition) is 1. The second kappa shape index (κ2) is 6.95. The van der Waals surface area contributed by atoms with Gasteiger partial charge >= 0.3 is 128 Å². The number of nitrogens with one attached hydrogen (secondary N) is 1. The summed E-state index contributed by atoms with van der Waals surface area (Å²) in [6, 6.07) is 8.99. The van der Waals surface area contributed by atoms with Gasteiger partial charge in [0.1, 0.15) is 0 Å². The van der Waals surface area contributed by atoms with E-state index in [4.69, 9.17) is 0 Å². The zero-order chi connectivity index (χ0) is 15.0. The fraction of sp³-hybridized carbons (Fsp3) is 0.556. The number of fused-ring (bicyclic) bond motifs is 1. The summed E-state index contributed by atoms with van der Waals surface area (Å²) >= 11 is -2.15. The molecule has 2 rings (SSSR count). The van der Waals surface area contributed by atoms with Crippen molar-refractivity contribution in [3.63, 3.8) is 0 Å². The predicted octanol–water partition coefficient (Wildman–Crippen LogP) is 4.03. The van der Waals surface area contributed by atoms with Gasteiger partial charge in [-0.05, 0) is 11.0 Å². The average molecular weight is 339 g/mol. The van der Waals surface area contributed by atoms with Crippen molar-refractivity contribution in [3.05, 3.63) is 41.0 Å². The van der Waals surface area contributed by atoms with E-state index in [0.29, 0.717) is 4.22 Å². The van der Waals surface area contributed by atoms with Crippen LogP contribution in [0.1, 0.15) is 55.9 Å². The molecule has 1 nitrogen and oxygen atoms in total. The van der Waals surface area contributed by atoms with Crippen LogP contribution < -0.4 is 3.80 Å². The fourth-order valence-corrected chi connectivity index (χ4v) is 10.5. The van der Waals surface area contributed by atoms with Crippen molar-refractivity contribution in [2.45, 2.75) is 60.8 Å². The molecule has 1 aliphatic rings. The molecule has 1 unspecified atom stereocenters. The van der Waals surface area contributed by atoms with Crippen molar-refractivity contribution < 1.29 is 16.8 Å². The zero-order valence-corrected chi connectivity index (χ0v) is 15.4. The minimum Gasteiger partial charge on any atom is -0.0149 e. The van der Waals surface area contributed by atoms with Crippen LogP contribution >= 0.6 is 0 Å². The van der Waals surface area contributed by atoms with Gasteiger partial charge in [-0.3, -0.25) is 0 Å². The van der Waals surface area contributed by atoms with E-state index in [-0.39, 0.29) is 16.5 Å². The monoisotopic (exact) mass is 339 g/mol. The summed E-state index contributed by atoms with van der Waals surface area (Å²) in [5.41, 5.74) is 4.89. The summed E-state index contributed by atoms with van der Waals surface area (Å²) in [4.78, 5) is 0. The Balaban J connectivity index is 0.00000220. The molecule has 0 aromatic heterocycles. The third kappa shape index (κ3) is 4.42. The number of hydrogen-bond acceptors (Lipinski definition) is 1. The van der Waals surface area contributed by atoms with Gasteiger partial charge in [0.05, 0.1) is 0 Å². The summed E-state index contributed by atoms with van der Waals surface area (Å²) < 4.78 is 4.69. The molecule has 21 heavy (non-hydrogen) atoms. The second-order valence-electron chi connectivity index (χ2n) is 7.63. The quantitative estimate of drug-likeness (QED) is 0.817. The van der Waals surface area contributed by atoms with E-state index in [1.54, 1.807) is 11.1 Å². The Morgan fingerprint density at radius 2 is 1.76 bits per heavy atom. The average Bonchev–Trinajstić information content (AvgIpc) is 2.64. The van der Waals surface area contributed by atoms with Crippen LogP contribution in [0.5, 0.6) is 0 Å². The first-order chi connectivity index (χ1) is 9.24. The molecule has 0 saturated carbocycles. The molecule has 0 saturated heterocycles. The van der Waals surface area contributed by atoms with Crippen molar-refractivity contribution in [1.29, 1.82) is 0 Å². The first-order valence-electron chi connectivity index (χ1n) is 7.83. The van der Waals surface area contributed by atoms with Crippen molar-refractivity contribution in [1.82, 2.24) is 3.80 Å². The molecule has 0 bridgehead atoms. The Morgan fingerprint density at radius 3 is 2.33 bits per heavy atom. The molecule has 0 radical (unpaired) electrons. The maximum absolute atomic E-state index is 4.01. The van der Waals surface area contributed by atoms with Crippen LogP contribution in [-0.4, -0.2) is 16.5 Å². The minimum absolute atomic E-state index is 0. The van der Waals surface area contributed by atoms with Crippen LogP contribution in [0.3, 0.4) is 0 Å². The summed E-state index contributed by atoms with van der Waals surface area (Å²) in [5, 5.41) is 5.06. The molecule has 0 aliphatic heterocycles. The van der Waals surface area contributed by atoms with Gasteiger partial charge in [0.15, 0.2) is 0 Å². The van der Waals surface area contributed by atoms with Gasteiger partial charge in [-0.1, -0.05) is 0 Å². The molecular formula is C18H33NSiTi. The first-order valence-corrected chi connectivity index (χ1v) is 12.6. The second-order valence-corrected chi connectivity index (χ2v) is 14.3. The largest absolute Gasteiger partial charge is 0.0149 e. The van der Waals surface area contributed by atoms with Gasteiger partial charge < -0.3 is 0 Å². The van der Waals surface area contributed by atoms with E-state index in [0.717, 1.165) is 0 Å². The van der Waals surface area contributed by atoms with Gasteiger partial charge in [-0.25, -0.2) is 0 Å². The first kappa shape index (κ1) is 18.9. The maximum Gasteiger partial charge on any atom is -0.0149 e. The minimum atomic E-state index is -2.15. The van der Waals surface area contributed by atoms with E-state index in [2.05, 4.69) is 72.3 Å². The molecule has 1 atom stereocenters. The van der Waals surface area contributed by atoms with E-state index in [9.17, 15) is 0 Å². The molecule has 1 aliphatic carbocycles. The standard InChI is InChI=1S/C12H13.C4H10N.2CH3.H4Si.Ti/c1-2-5-10-8-11-6-3-4-7-12(11)9-10;1-4(2,3)5;;;;/h3-4,6-9H,2,5H2,1H3;5H,1-3H3;2*1H3;1H4;/q;-1;;;;+1. The molecule has 1 N–H and O–H groups in total. The van der Waals surface area contributed by atoms with Gasteiger partial charge in [0, 0.05) is 0 Å². The molecule has 0 spiro atoms. The predicted molar refractivity (Wildman–Crippen MR) is 98.0 cm³/mol. The van der Waals surface area contributed by atoms with Gasteiger partial charge in [0.25, 0.3) is 0 Å². The number of benzene rings is 1. The maximum atomic E-state index is 4.01. The smallest absolute Gasteiger partial charge is 0.0149 e. The van der Waals surface area contributed by atoms with Gasteiger partial charge in [0.2, 0.25) is 0 Å². The Kier molecular flexibility index (Phi) is 6.26. The van der Waals surface area contributed by atoms with Crippen molar-refractivity contribution in [3.8, 4) is 0 Å². The summed E-state index contributed by atoms with van der Waals surface area (Å²) in [7, 11) is 0. The van der Waals surface area contributed by atoms with E-state index in [1.165, 1.54) is 18.4 Å². The van der Waals surface area contributed by atoms with Gasteiger partial charge in [-0.15, -0.1) is 0 Å². The third-order valence-corrected chi connectivity index (χ3v) is 9.47. The summed E-state index contributed by atoms with van der Waals surface area (Å²) in [5.74, 6) is 0. The molecule has 1 aromatic rings. The van der Waals surface area contributed by atoms with Crippen LogP contribution in [0.2, 0.25) is 10.5 Å². The van der Waals surface area contributed by atoms with E-state index in [1.807, 2.05) is 0 Å². The summed E-state index contributed by atoms with van der Waals surface area (Å²) in [6.07, 6.45) is 4.94. The SMILES string of the molecule is CCCC1=Cc2ccccc2[CH]1[Ti]([CH3])([CH3])[NH]C(C)(C)C.[SiH4]. The zero-order valence-electron chi connectivity index (χ0n) is 13.9. The number of rotatable bonds is 4. The Hall–Kier alpha value is -0.149. The van der Waals surface area contributed by atoms with Crippen molar-refractivity contribution in [2.75, 3.05) is 0 Å². The fourth-order valence-electron chi connectivity index (χ4n) is 3.78. The molecule has 3 heteroatoms. The van der Waals surface area contributed by atoms with Crippen LogP contribution in [0, 0.1) is 0 Å². The molecular weight excluding hydrogens is 306 g/mol. The Bertz CT molecular complexity index is 514. The van der Waals surface area contributed by atoms with Gasteiger partial charge in [-0.2, -0.15) is 0 Å². The van der Waals surface area contributed by atoms with Crippen molar-refractivity contribution in [2.24, 2.45) is 0 Å². The summed E-state index contributed by atoms with van der Waals surface area (Å²) in [6.45, 7) is 9.18. The Morgan fingerprint density at radius 1 is 1.14 bits per heavy atom. The number of allylic oxidation sites excluding steroid dienone is 1. The molecule has 0 heterocycles. The van der Waals surface area contributed by atoms with Crippen LogP contribution in [0.25, 0.3) is 6.08 Å². The van der Waals surface area contributed by atoms with Crippen LogP contribution in [-0.2, 0) is 16.8 Å². The molecule has 1 aromatic carbocycles. The van der Waals surface area contributed by atoms with Crippen LogP contribution in [0.15, 0.2) is 29.8 Å². The van der Waals surface area contributed by atoms with Crippen molar-refractivity contribution >= 4 is 17.0 Å². The van der Waals surface area contributed by atoms with E-state index >= 15 is 0 Å². The van der Waals surface area contributed by atoms with Crippen LogP contribution in [0.4, 0.5) is 0 Å². The molecule has 118 valence electrons. The van der Waals surface area contributed by atoms with E-state index < -0.39 is 16.8 Å².